The molecule has 2 aliphatic rings. The Kier molecular flexibility index (Phi) is 5.49. The highest BCUT2D eigenvalue weighted by Crippen LogP contribution is 2.47. The number of nitrogens with zero attached hydrogens (tertiary/aromatic N) is 1. The van der Waals surface area contributed by atoms with Crippen LogP contribution in [0.15, 0.2) is 59.5 Å². The van der Waals surface area contributed by atoms with E-state index in [4.69, 9.17) is 0 Å². The number of rotatable bonds is 6. The van der Waals surface area contributed by atoms with Crippen LogP contribution in [0.1, 0.15) is 54.9 Å². The summed E-state index contributed by atoms with van der Waals surface area (Å²) in [6, 6.07) is 16.6. The van der Waals surface area contributed by atoms with Crippen LogP contribution in [-0.4, -0.2) is 37.8 Å². The van der Waals surface area contributed by atoms with Crippen molar-refractivity contribution in [3.63, 3.8) is 0 Å². The van der Waals surface area contributed by atoms with Crippen molar-refractivity contribution in [1.29, 1.82) is 0 Å². The maximum Gasteiger partial charge on any atom is 0.251 e. The molecule has 1 amide bonds. The molecule has 1 saturated heterocycles. The molecule has 2 aromatic rings. The third-order valence-corrected chi connectivity index (χ3v) is 8.32. The van der Waals surface area contributed by atoms with Gasteiger partial charge in [0.1, 0.15) is 0 Å². The van der Waals surface area contributed by atoms with E-state index in [1.54, 1.807) is 28.6 Å². The van der Waals surface area contributed by atoms with E-state index in [1.807, 2.05) is 25.1 Å². The molecule has 1 heterocycles. The van der Waals surface area contributed by atoms with Crippen LogP contribution in [0.2, 0.25) is 0 Å². The Morgan fingerprint density at radius 3 is 2.38 bits per heavy atom. The first-order valence-electron chi connectivity index (χ1n) is 10.4. The third kappa shape index (κ3) is 4.09. The highest BCUT2D eigenvalue weighted by atomic mass is 32.2. The van der Waals surface area contributed by atoms with Crippen molar-refractivity contribution in [3.8, 4) is 0 Å². The molecular formula is C23H28N2O3S. The summed E-state index contributed by atoms with van der Waals surface area (Å²) >= 11 is 0. The van der Waals surface area contributed by atoms with Gasteiger partial charge in [-0.1, -0.05) is 36.8 Å². The first kappa shape index (κ1) is 20.1. The topological polar surface area (TPSA) is 66.5 Å². The quantitative estimate of drug-likeness (QED) is 0.787. The molecule has 2 aromatic carbocycles. The zero-order valence-corrected chi connectivity index (χ0v) is 17.6. The van der Waals surface area contributed by atoms with Crippen LogP contribution in [0.5, 0.6) is 0 Å². The minimum atomic E-state index is -3.51. The fourth-order valence-electron chi connectivity index (χ4n) is 4.20. The van der Waals surface area contributed by atoms with E-state index in [1.165, 1.54) is 5.56 Å². The fourth-order valence-corrected chi connectivity index (χ4v) is 5.90. The minimum absolute atomic E-state index is 0.0180. The van der Waals surface area contributed by atoms with Crippen molar-refractivity contribution in [2.75, 3.05) is 13.1 Å². The summed E-state index contributed by atoms with van der Waals surface area (Å²) in [6.45, 7) is 3.12. The molecule has 1 aliphatic heterocycles. The summed E-state index contributed by atoms with van der Waals surface area (Å²) in [5.74, 6) is -0.164. The van der Waals surface area contributed by atoms with Gasteiger partial charge >= 0.3 is 0 Å². The molecule has 1 unspecified atom stereocenters. The second kappa shape index (κ2) is 7.92. The Bertz CT molecular complexity index is 967. The number of piperidine rings is 1. The van der Waals surface area contributed by atoms with E-state index in [2.05, 4.69) is 17.4 Å². The first-order valence-corrected chi connectivity index (χ1v) is 11.8. The van der Waals surface area contributed by atoms with E-state index in [9.17, 15) is 13.2 Å². The summed E-state index contributed by atoms with van der Waals surface area (Å²) in [5.41, 5.74) is 1.79. The molecule has 1 aliphatic carbocycles. The fraction of sp³-hybridized carbons (Fsp3) is 0.435. The molecule has 0 aromatic heterocycles. The average molecular weight is 413 g/mol. The number of carbonyl (C=O) groups excluding carboxylic acids is 1. The maximum atomic E-state index is 12.9. The Balaban J connectivity index is 1.42. The summed E-state index contributed by atoms with van der Waals surface area (Å²) in [5, 5.41) is 3.03. The van der Waals surface area contributed by atoms with Gasteiger partial charge in [0.2, 0.25) is 10.0 Å². The van der Waals surface area contributed by atoms with Gasteiger partial charge in [-0.25, -0.2) is 8.42 Å². The van der Waals surface area contributed by atoms with Crippen molar-refractivity contribution in [2.45, 2.75) is 55.4 Å². The van der Waals surface area contributed by atoms with Crippen molar-refractivity contribution in [2.24, 2.45) is 0 Å². The van der Waals surface area contributed by atoms with Crippen molar-refractivity contribution < 1.29 is 13.2 Å². The number of hydrogen-bond acceptors (Lipinski definition) is 3. The molecule has 4 rings (SSSR count). The van der Waals surface area contributed by atoms with E-state index >= 15 is 0 Å². The number of carbonyl (C=O) groups is 1. The van der Waals surface area contributed by atoms with Crippen molar-refractivity contribution in [1.82, 2.24) is 9.62 Å². The molecule has 29 heavy (non-hydrogen) atoms. The lowest BCUT2D eigenvalue weighted by molar-refractivity contribution is 0.0949. The zero-order chi connectivity index (χ0) is 20.5. The normalized spacial score (nSPS) is 21.5. The minimum Gasteiger partial charge on any atom is -0.351 e. The van der Waals surface area contributed by atoms with Crippen molar-refractivity contribution >= 4 is 15.9 Å². The first-order chi connectivity index (χ1) is 13.9. The van der Waals surface area contributed by atoms with Crippen LogP contribution >= 0.6 is 0 Å². The van der Waals surface area contributed by atoms with Crippen LogP contribution < -0.4 is 5.32 Å². The molecule has 0 spiro atoms. The summed E-state index contributed by atoms with van der Waals surface area (Å²) in [6.07, 6.45) is 5.00. The smallest absolute Gasteiger partial charge is 0.251 e. The Labute approximate surface area is 173 Å². The molecule has 2 fully saturated rings. The Morgan fingerprint density at radius 1 is 1.07 bits per heavy atom. The van der Waals surface area contributed by atoms with Gasteiger partial charge in [-0.2, -0.15) is 4.31 Å². The lowest BCUT2D eigenvalue weighted by Gasteiger charge is -2.32. The molecule has 1 atom stereocenters. The largest absolute Gasteiger partial charge is 0.351 e. The highest BCUT2D eigenvalue weighted by Gasteiger charge is 2.44. The number of amides is 1. The lowest BCUT2D eigenvalue weighted by atomic mass is 9.96. The van der Waals surface area contributed by atoms with Crippen molar-refractivity contribution in [3.05, 3.63) is 65.7 Å². The summed E-state index contributed by atoms with van der Waals surface area (Å²) in [7, 11) is -3.51. The van der Waals surface area contributed by atoms with E-state index in [0.717, 1.165) is 32.1 Å². The molecule has 0 radical (unpaired) electrons. The van der Waals surface area contributed by atoms with Gasteiger partial charge in [0.05, 0.1) is 4.90 Å². The van der Waals surface area contributed by atoms with E-state index in [0.29, 0.717) is 18.7 Å². The maximum absolute atomic E-state index is 12.9. The van der Waals surface area contributed by atoms with Gasteiger partial charge in [-0.05, 0) is 62.4 Å². The SMILES string of the molecule is CC1CCCCN1S(=O)(=O)c1ccc(C(=O)NCC2(c3ccccc3)CC2)cc1. The molecular weight excluding hydrogens is 384 g/mol. The van der Waals surface area contributed by atoms with E-state index < -0.39 is 10.0 Å². The molecule has 1 saturated carbocycles. The van der Waals surface area contributed by atoms with Crippen LogP contribution in [0.25, 0.3) is 0 Å². The van der Waals surface area contributed by atoms with Gasteiger partial charge in [0, 0.05) is 30.1 Å². The standard InChI is InChI=1S/C23H28N2O3S/c1-18-7-5-6-16-25(18)29(27,28)21-12-10-19(11-13-21)22(26)24-17-23(14-15-23)20-8-3-2-4-9-20/h2-4,8-13,18H,5-7,14-17H2,1H3,(H,24,26). The average Bonchev–Trinajstić information content (AvgIpc) is 3.54. The predicted octanol–water partition coefficient (Wildman–Crippen LogP) is 3.71. The summed E-state index contributed by atoms with van der Waals surface area (Å²) < 4.78 is 27.4. The van der Waals surface area contributed by atoms with Crippen LogP contribution in [-0.2, 0) is 15.4 Å². The third-order valence-electron chi connectivity index (χ3n) is 6.29. The van der Waals surface area contributed by atoms with Gasteiger partial charge in [-0.3, -0.25) is 4.79 Å². The molecule has 1 N–H and O–H groups in total. The second-order valence-electron chi connectivity index (χ2n) is 8.31. The summed E-state index contributed by atoms with van der Waals surface area (Å²) in [4.78, 5) is 12.8. The molecule has 5 nitrogen and oxygen atoms in total. The Morgan fingerprint density at radius 2 is 1.76 bits per heavy atom. The zero-order valence-electron chi connectivity index (χ0n) is 16.8. The molecule has 6 heteroatoms. The molecule has 154 valence electrons. The van der Waals surface area contributed by atoms with E-state index in [-0.39, 0.29) is 22.3 Å². The predicted molar refractivity (Wildman–Crippen MR) is 113 cm³/mol. The number of hydrogen-bond donors (Lipinski definition) is 1. The van der Waals surface area contributed by atoms with Gasteiger partial charge < -0.3 is 5.32 Å². The monoisotopic (exact) mass is 412 g/mol. The second-order valence-corrected chi connectivity index (χ2v) is 10.2. The van der Waals surface area contributed by atoms with Gasteiger partial charge in [0.15, 0.2) is 0 Å². The number of benzene rings is 2. The Hall–Kier alpha value is -2.18. The van der Waals surface area contributed by atoms with Crippen LogP contribution in [0.4, 0.5) is 0 Å². The van der Waals surface area contributed by atoms with Gasteiger partial charge in [0.25, 0.3) is 5.91 Å². The highest BCUT2D eigenvalue weighted by molar-refractivity contribution is 7.89. The lowest BCUT2D eigenvalue weighted by Crippen LogP contribution is -2.41. The van der Waals surface area contributed by atoms with Crippen LogP contribution in [0, 0.1) is 0 Å². The number of nitrogens with one attached hydrogen (secondary N) is 1. The van der Waals surface area contributed by atoms with Crippen LogP contribution in [0.3, 0.4) is 0 Å². The van der Waals surface area contributed by atoms with Gasteiger partial charge in [-0.15, -0.1) is 0 Å². The number of sulfonamides is 1. The molecule has 0 bridgehead atoms.